The number of hydrogen-bond acceptors (Lipinski definition) is 3. The molecule has 0 amide bonds. The van der Waals surface area contributed by atoms with E-state index in [4.69, 9.17) is 13.3 Å². The number of hydrogen-bond donors (Lipinski definition) is 0. The third kappa shape index (κ3) is 15.1. The largest absolute Gasteiger partial charge is 0.484 e. The van der Waals surface area contributed by atoms with E-state index < -0.39 is 9.53 Å². The first-order valence-corrected chi connectivity index (χ1v) is 6.11. The van der Waals surface area contributed by atoms with Crippen molar-refractivity contribution >= 4 is 20.5 Å². The molecule has 0 radical (unpaired) electrons. The fourth-order valence-electron chi connectivity index (χ4n) is 0.553. The van der Waals surface area contributed by atoms with E-state index >= 15 is 0 Å². The lowest BCUT2D eigenvalue weighted by atomic mass is 10.9. The average molecular weight is 226 g/mol. The van der Waals surface area contributed by atoms with Gasteiger partial charge in [-0.15, -0.1) is 0 Å². The van der Waals surface area contributed by atoms with Gasteiger partial charge in [-0.25, -0.2) is 0 Å². The van der Waals surface area contributed by atoms with Crippen LogP contribution in [0.2, 0.25) is 0 Å². The monoisotopic (exact) mass is 226 g/mol. The van der Waals surface area contributed by atoms with Gasteiger partial charge in [0.25, 0.3) is 0 Å². The molecule has 0 aliphatic carbocycles. The Balaban J connectivity index is -0.000000309. The Labute approximate surface area is 88.8 Å². The van der Waals surface area contributed by atoms with Crippen LogP contribution in [0, 0.1) is 0 Å². The van der Waals surface area contributed by atoms with E-state index in [0.29, 0.717) is 19.8 Å². The van der Waals surface area contributed by atoms with Gasteiger partial charge in [0.2, 0.25) is 0 Å². The molecule has 0 heterocycles. The third-order valence-electron chi connectivity index (χ3n) is 0.908. The predicted molar refractivity (Wildman–Crippen MR) is 64.7 cm³/mol. The van der Waals surface area contributed by atoms with Crippen molar-refractivity contribution in [2.75, 3.05) is 19.8 Å². The van der Waals surface area contributed by atoms with Gasteiger partial charge >= 0.3 is 9.53 Å². The lowest BCUT2D eigenvalue weighted by Gasteiger charge is -2.12. The topological polar surface area (TPSA) is 27.7 Å². The van der Waals surface area contributed by atoms with E-state index in [1.165, 1.54) is 0 Å². The molecule has 5 heteroatoms. The Morgan fingerprint density at radius 3 is 1.15 bits per heavy atom. The molecule has 0 aliphatic rings. The quantitative estimate of drug-likeness (QED) is 0.613. The Bertz CT molecular complexity index is 60.1. The van der Waals surface area contributed by atoms with Crippen LogP contribution < -0.4 is 0 Å². The second-order valence-corrected chi connectivity index (χ2v) is 3.23. The zero-order valence-electron chi connectivity index (χ0n) is 8.92. The smallest absolute Gasteiger partial charge is 0.376 e. The Kier molecular flexibility index (Phi) is 26.5. The van der Waals surface area contributed by atoms with Gasteiger partial charge in [-0.2, -0.15) is 0 Å². The molecular weight excluding hydrogens is 200 g/mol. The average Bonchev–Trinajstić information content (AvgIpc) is 2.10. The highest BCUT2D eigenvalue weighted by molar-refractivity contribution is 6.36. The minimum atomic E-state index is -1.73. The molecule has 0 saturated heterocycles. The zero-order valence-corrected chi connectivity index (χ0v) is 10.1. The molecule has 0 aromatic carbocycles. The fourth-order valence-corrected chi connectivity index (χ4v) is 1.66. The van der Waals surface area contributed by atoms with Crippen molar-refractivity contribution in [2.45, 2.75) is 34.6 Å². The standard InChI is InChI=1S/C6H16O3Si.C2H6.H4Si/c1-4-7-10(8-5-2)9-6-3;1-2;/h10H,4-6H2,1-3H3;1-2H3;1H4. The first kappa shape index (κ1) is 19.0. The Hall–Kier alpha value is 0.314. The summed E-state index contributed by atoms with van der Waals surface area (Å²) in [6, 6.07) is 0. The van der Waals surface area contributed by atoms with Crippen LogP contribution in [0.5, 0.6) is 0 Å². The molecule has 0 fully saturated rings. The summed E-state index contributed by atoms with van der Waals surface area (Å²) < 4.78 is 15.7. The summed E-state index contributed by atoms with van der Waals surface area (Å²) in [6.45, 7) is 11.9. The highest BCUT2D eigenvalue weighted by Crippen LogP contribution is 1.90. The van der Waals surface area contributed by atoms with Crippen molar-refractivity contribution in [3.05, 3.63) is 0 Å². The summed E-state index contributed by atoms with van der Waals surface area (Å²) >= 11 is 0. The highest BCUT2D eigenvalue weighted by Gasteiger charge is 2.11. The SMILES string of the molecule is CC.CCO[SiH](OCC)OCC.[SiH4]. The molecule has 0 atom stereocenters. The van der Waals surface area contributed by atoms with Crippen LogP contribution in [0.4, 0.5) is 0 Å². The molecule has 84 valence electrons. The Morgan fingerprint density at radius 2 is 1.00 bits per heavy atom. The summed E-state index contributed by atoms with van der Waals surface area (Å²) in [7, 11) is -1.73. The fraction of sp³-hybridized carbons (Fsp3) is 1.00. The van der Waals surface area contributed by atoms with Crippen molar-refractivity contribution < 1.29 is 13.3 Å². The van der Waals surface area contributed by atoms with Gasteiger partial charge in [-0.1, -0.05) is 13.8 Å². The Morgan fingerprint density at radius 1 is 0.769 bits per heavy atom. The minimum absolute atomic E-state index is 0. The van der Waals surface area contributed by atoms with Crippen molar-refractivity contribution in [2.24, 2.45) is 0 Å². The van der Waals surface area contributed by atoms with Gasteiger partial charge in [-0.3, -0.25) is 0 Å². The van der Waals surface area contributed by atoms with Gasteiger partial charge in [0.15, 0.2) is 0 Å². The summed E-state index contributed by atoms with van der Waals surface area (Å²) in [5, 5.41) is 0. The van der Waals surface area contributed by atoms with Crippen LogP contribution in [-0.4, -0.2) is 40.3 Å². The van der Waals surface area contributed by atoms with E-state index in [9.17, 15) is 0 Å². The van der Waals surface area contributed by atoms with Gasteiger partial charge in [-0.05, 0) is 31.7 Å². The van der Waals surface area contributed by atoms with Crippen LogP contribution in [0.1, 0.15) is 34.6 Å². The molecule has 13 heavy (non-hydrogen) atoms. The third-order valence-corrected chi connectivity index (χ3v) is 2.72. The molecule has 0 unspecified atom stereocenters. The van der Waals surface area contributed by atoms with Crippen LogP contribution >= 0.6 is 0 Å². The summed E-state index contributed by atoms with van der Waals surface area (Å²) in [6.07, 6.45) is 0. The molecule has 0 spiro atoms. The molecule has 0 bridgehead atoms. The lowest BCUT2D eigenvalue weighted by Crippen LogP contribution is -2.27. The van der Waals surface area contributed by atoms with Gasteiger partial charge in [0, 0.05) is 19.8 Å². The second-order valence-electron chi connectivity index (χ2n) is 1.65. The second kappa shape index (κ2) is 18.2. The van der Waals surface area contributed by atoms with Crippen molar-refractivity contribution in [3.8, 4) is 0 Å². The van der Waals surface area contributed by atoms with Crippen LogP contribution in [0.15, 0.2) is 0 Å². The molecular formula is C8H26O3Si2. The first-order valence-electron chi connectivity index (χ1n) is 4.69. The van der Waals surface area contributed by atoms with Crippen LogP contribution in [0.3, 0.4) is 0 Å². The normalized spacial score (nSPS) is 8.77. The summed E-state index contributed by atoms with van der Waals surface area (Å²) in [4.78, 5) is 0. The van der Waals surface area contributed by atoms with Crippen molar-refractivity contribution in [1.82, 2.24) is 0 Å². The molecule has 0 rings (SSSR count). The lowest BCUT2D eigenvalue weighted by molar-refractivity contribution is 0.107. The molecule has 3 nitrogen and oxygen atoms in total. The predicted octanol–water partition coefficient (Wildman–Crippen LogP) is 0.388. The van der Waals surface area contributed by atoms with Crippen LogP contribution in [0.25, 0.3) is 0 Å². The molecule has 0 aliphatic heterocycles. The zero-order chi connectivity index (χ0) is 9.82. The van der Waals surface area contributed by atoms with Gasteiger partial charge < -0.3 is 13.3 Å². The molecule has 0 N–H and O–H groups in total. The van der Waals surface area contributed by atoms with Gasteiger partial charge in [0.1, 0.15) is 0 Å². The maximum atomic E-state index is 5.22. The van der Waals surface area contributed by atoms with Crippen LogP contribution in [-0.2, 0) is 13.3 Å². The van der Waals surface area contributed by atoms with E-state index in [1.807, 2.05) is 34.6 Å². The first-order chi connectivity index (χ1) is 5.85. The summed E-state index contributed by atoms with van der Waals surface area (Å²) in [5.41, 5.74) is 0. The highest BCUT2D eigenvalue weighted by atomic mass is 28.3. The molecule has 0 aromatic heterocycles. The minimum Gasteiger partial charge on any atom is -0.376 e. The summed E-state index contributed by atoms with van der Waals surface area (Å²) in [5.74, 6) is 0. The van der Waals surface area contributed by atoms with Crippen molar-refractivity contribution in [1.29, 1.82) is 0 Å². The maximum absolute atomic E-state index is 5.22. The van der Waals surface area contributed by atoms with E-state index in [1.54, 1.807) is 0 Å². The molecule has 0 aromatic rings. The van der Waals surface area contributed by atoms with E-state index in [-0.39, 0.29) is 11.0 Å². The molecule has 0 saturated carbocycles. The van der Waals surface area contributed by atoms with E-state index in [0.717, 1.165) is 0 Å². The van der Waals surface area contributed by atoms with Crippen molar-refractivity contribution in [3.63, 3.8) is 0 Å². The van der Waals surface area contributed by atoms with Gasteiger partial charge in [0.05, 0.1) is 0 Å². The maximum Gasteiger partial charge on any atom is 0.484 e. The number of rotatable bonds is 6. The van der Waals surface area contributed by atoms with E-state index in [2.05, 4.69) is 0 Å².